The monoisotopic (exact) mass is 249 g/mol. The van der Waals surface area contributed by atoms with Crippen LogP contribution in [-0.2, 0) is 6.42 Å². The molecule has 1 aromatic carbocycles. The van der Waals surface area contributed by atoms with Crippen LogP contribution in [0, 0.1) is 35.8 Å². The van der Waals surface area contributed by atoms with Gasteiger partial charge in [-0.25, -0.2) is 8.78 Å². The lowest BCUT2D eigenvalue weighted by Gasteiger charge is -2.04. The fourth-order valence-electron chi connectivity index (χ4n) is 2.11. The lowest BCUT2D eigenvalue weighted by molar-refractivity contribution is 0.513. The number of furan rings is 1. The zero-order valence-electron chi connectivity index (χ0n) is 10.5. The number of benzene rings is 1. The second kappa shape index (κ2) is 4.41. The molecule has 0 saturated heterocycles. The van der Waals surface area contributed by atoms with Gasteiger partial charge in [0.1, 0.15) is 11.7 Å². The first-order valence-corrected chi connectivity index (χ1v) is 5.75. The summed E-state index contributed by atoms with van der Waals surface area (Å²) in [6.07, 6.45) is 0.482. The van der Waals surface area contributed by atoms with Crippen molar-refractivity contribution in [2.75, 3.05) is 0 Å². The summed E-state index contributed by atoms with van der Waals surface area (Å²) < 4.78 is 32.7. The van der Waals surface area contributed by atoms with Crippen LogP contribution in [0.1, 0.15) is 30.7 Å². The van der Waals surface area contributed by atoms with E-state index in [1.165, 1.54) is 0 Å². The molecule has 2 nitrogen and oxygen atoms in total. The van der Waals surface area contributed by atoms with Crippen molar-refractivity contribution in [3.8, 4) is 6.07 Å². The van der Waals surface area contributed by atoms with E-state index < -0.39 is 11.6 Å². The molecule has 0 radical (unpaired) electrons. The van der Waals surface area contributed by atoms with E-state index >= 15 is 0 Å². The number of nitriles is 1. The molecule has 2 rings (SSSR count). The molecular formula is C14H13F2NO. The van der Waals surface area contributed by atoms with Gasteiger partial charge in [0.25, 0.3) is 0 Å². The largest absolute Gasteiger partial charge is 0.445 e. The Kier molecular flexibility index (Phi) is 3.08. The summed E-state index contributed by atoms with van der Waals surface area (Å²) in [7, 11) is 0. The third-order valence-electron chi connectivity index (χ3n) is 2.85. The minimum absolute atomic E-state index is 0.0753. The summed E-state index contributed by atoms with van der Waals surface area (Å²) in [5.74, 6) is -1.54. The molecule has 0 amide bonds. The Balaban J connectivity index is 2.85. The quantitative estimate of drug-likeness (QED) is 0.803. The highest BCUT2D eigenvalue weighted by molar-refractivity contribution is 5.86. The second-order valence-corrected chi connectivity index (χ2v) is 4.81. The molecule has 0 N–H and O–H groups in total. The van der Waals surface area contributed by atoms with Crippen molar-refractivity contribution in [2.45, 2.75) is 27.2 Å². The summed E-state index contributed by atoms with van der Waals surface area (Å²) in [5, 5.41) is 9.13. The minimum Gasteiger partial charge on any atom is -0.445 e. The molecule has 0 aliphatic rings. The fraction of sp³-hybridized carbons (Fsp3) is 0.357. The highest BCUT2D eigenvalue weighted by Gasteiger charge is 2.22. The van der Waals surface area contributed by atoms with Crippen LogP contribution < -0.4 is 0 Å². The van der Waals surface area contributed by atoms with Crippen molar-refractivity contribution in [2.24, 2.45) is 5.92 Å². The molecule has 0 saturated carbocycles. The Morgan fingerprint density at radius 3 is 2.61 bits per heavy atom. The third kappa shape index (κ3) is 1.86. The molecule has 0 spiro atoms. The molecule has 0 aliphatic carbocycles. The van der Waals surface area contributed by atoms with Gasteiger partial charge in [0.05, 0.1) is 5.39 Å². The number of fused-ring (bicyclic) bond motifs is 1. The Morgan fingerprint density at radius 1 is 1.39 bits per heavy atom. The van der Waals surface area contributed by atoms with Crippen LogP contribution in [0.4, 0.5) is 8.78 Å². The van der Waals surface area contributed by atoms with Crippen LogP contribution in [-0.4, -0.2) is 0 Å². The normalized spacial score (nSPS) is 11.2. The van der Waals surface area contributed by atoms with Crippen molar-refractivity contribution in [3.05, 3.63) is 34.6 Å². The summed E-state index contributed by atoms with van der Waals surface area (Å²) >= 11 is 0. The van der Waals surface area contributed by atoms with E-state index in [0.29, 0.717) is 17.5 Å². The van der Waals surface area contributed by atoms with Crippen LogP contribution in [0.15, 0.2) is 10.5 Å². The average Bonchev–Trinajstić information content (AvgIpc) is 2.65. The number of nitrogens with zero attached hydrogens (tertiary/aromatic N) is 1. The second-order valence-electron chi connectivity index (χ2n) is 4.81. The lowest BCUT2D eigenvalue weighted by Crippen LogP contribution is -1.97. The van der Waals surface area contributed by atoms with Crippen LogP contribution in [0.2, 0.25) is 0 Å². The predicted molar refractivity (Wildman–Crippen MR) is 64.1 cm³/mol. The zero-order chi connectivity index (χ0) is 13.4. The Labute approximate surface area is 104 Å². The van der Waals surface area contributed by atoms with E-state index in [1.54, 1.807) is 6.92 Å². The van der Waals surface area contributed by atoms with Gasteiger partial charge in [-0.1, -0.05) is 13.8 Å². The van der Waals surface area contributed by atoms with Crippen LogP contribution >= 0.6 is 0 Å². The van der Waals surface area contributed by atoms with Crippen LogP contribution in [0.25, 0.3) is 11.0 Å². The molecule has 1 heterocycles. The van der Waals surface area contributed by atoms with Gasteiger partial charge in [0.2, 0.25) is 5.76 Å². The maximum atomic E-state index is 13.9. The van der Waals surface area contributed by atoms with Gasteiger partial charge in [-0.05, 0) is 30.9 Å². The minimum atomic E-state index is -0.934. The maximum absolute atomic E-state index is 13.9. The van der Waals surface area contributed by atoms with Gasteiger partial charge in [-0.3, -0.25) is 0 Å². The van der Waals surface area contributed by atoms with E-state index in [-0.39, 0.29) is 22.6 Å². The van der Waals surface area contributed by atoms with Crippen molar-refractivity contribution >= 4 is 11.0 Å². The molecular weight excluding hydrogens is 236 g/mol. The van der Waals surface area contributed by atoms with E-state index in [9.17, 15) is 8.78 Å². The van der Waals surface area contributed by atoms with Crippen molar-refractivity contribution < 1.29 is 13.2 Å². The van der Waals surface area contributed by atoms with E-state index in [4.69, 9.17) is 9.68 Å². The first-order valence-electron chi connectivity index (χ1n) is 5.75. The van der Waals surface area contributed by atoms with E-state index in [2.05, 4.69) is 0 Å². The van der Waals surface area contributed by atoms with Gasteiger partial charge in [-0.15, -0.1) is 0 Å². The van der Waals surface area contributed by atoms with Crippen molar-refractivity contribution in [3.63, 3.8) is 0 Å². The summed E-state index contributed by atoms with van der Waals surface area (Å²) in [6, 6.07) is 2.99. The smallest absolute Gasteiger partial charge is 0.208 e. The Bertz CT molecular complexity index is 650. The molecule has 1 aromatic heterocycles. The van der Waals surface area contributed by atoms with Crippen molar-refractivity contribution in [1.82, 2.24) is 0 Å². The SMILES string of the molecule is Cc1cc(F)c(F)c2c(CC(C)C)c(C#N)oc12. The lowest BCUT2D eigenvalue weighted by atomic mass is 9.99. The summed E-state index contributed by atoms with van der Waals surface area (Å²) in [5.41, 5.74) is 1.22. The predicted octanol–water partition coefficient (Wildman–Crippen LogP) is 4.09. The van der Waals surface area contributed by atoms with Gasteiger partial charge in [0.15, 0.2) is 11.6 Å². The van der Waals surface area contributed by atoms with Gasteiger partial charge >= 0.3 is 0 Å². The molecule has 0 atom stereocenters. The number of hydrogen-bond donors (Lipinski definition) is 0. The number of hydrogen-bond acceptors (Lipinski definition) is 2. The number of halogens is 2. The topological polar surface area (TPSA) is 36.9 Å². The van der Waals surface area contributed by atoms with E-state index in [1.807, 2.05) is 19.9 Å². The van der Waals surface area contributed by atoms with Gasteiger partial charge in [-0.2, -0.15) is 5.26 Å². The molecule has 94 valence electrons. The fourth-order valence-corrected chi connectivity index (χ4v) is 2.11. The summed E-state index contributed by atoms with van der Waals surface area (Å²) in [4.78, 5) is 0. The standard InChI is InChI=1S/C14H13F2NO/c1-7(2)4-9-11(6-17)18-14-8(3)5-10(15)13(16)12(9)14/h5,7H,4H2,1-3H3. The highest BCUT2D eigenvalue weighted by Crippen LogP contribution is 2.33. The maximum Gasteiger partial charge on any atom is 0.208 e. The van der Waals surface area contributed by atoms with Crippen LogP contribution in [0.3, 0.4) is 0 Å². The van der Waals surface area contributed by atoms with Crippen LogP contribution in [0.5, 0.6) is 0 Å². The number of aryl methyl sites for hydroxylation is 1. The average molecular weight is 249 g/mol. The first kappa shape index (κ1) is 12.6. The summed E-state index contributed by atoms with van der Waals surface area (Å²) in [6.45, 7) is 5.53. The molecule has 4 heteroatoms. The number of rotatable bonds is 2. The zero-order valence-corrected chi connectivity index (χ0v) is 10.5. The molecule has 0 bridgehead atoms. The molecule has 0 aliphatic heterocycles. The first-order chi connectivity index (χ1) is 8.45. The highest BCUT2D eigenvalue weighted by atomic mass is 19.2. The Morgan fingerprint density at radius 2 is 2.06 bits per heavy atom. The molecule has 0 fully saturated rings. The third-order valence-corrected chi connectivity index (χ3v) is 2.85. The Hall–Kier alpha value is -1.89. The molecule has 2 aromatic rings. The van der Waals surface area contributed by atoms with Crippen molar-refractivity contribution in [1.29, 1.82) is 5.26 Å². The molecule has 18 heavy (non-hydrogen) atoms. The molecule has 0 unspecified atom stereocenters. The van der Waals surface area contributed by atoms with Gasteiger partial charge in [0, 0.05) is 5.56 Å². The van der Waals surface area contributed by atoms with Gasteiger partial charge < -0.3 is 4.42 Å². The van der Waals surface area contributed by atoms with E-state index in [0.717, 1.165) is 6.07 Å².